The average Bonchev–Trinajstić information content (AvgIpc) is 2.25. The molecular weight excluding hydrogens is 202 g/mol. The van der Waals surface area contributed by atoms with Gasteiger partial charge < -0.3 is 15.2 Å². The second-order valence-corrected chi connectivity index (χ2v) is 4.24. The summed E-state index contributed by atoms with van der Waals surface area (Å²) in [7, 11) is 0. The zero-order chi connectivity index (χ0) is 11.4. The second-order valence-electron chi connectivity index (χ2n) is 4.24. The molecule has 3 nitrogen and oxygen atoms in total. The Morgan fingerprint density at radius 3 is 2.81 bits per heavy atom. The molecule has 16 heavy (non-hydrogen) atoms. The van der Waals surface area contributed by atoms with Crippen molar-refractivity contribution in [1.29, 1.82) is 0 Å². The van der Waals surface area contributed by atoms with E-state index in [0.29, 0.717) is 12.6 Å². The van der Waals surface area contributed by atoms with Gasteiger partial charge in [0.15, 0.2) is 0 Å². The van der Waals surface area contributed by atoms with Crippen LogP contribution in [0.4, 0.5) is 0 Å². The van der Waals surface area contributed by atoms with E-state index in [9.17, 15) is 5.11 Å². The molecule has 0 bridgehead atoms. The quantitative estimate of drug-likeness (QED) is 0.795. The summed E-state index contributed by atoms with van der Waals surface area (Å²) in [5, 5.41) is 12.6. The molecule has 0 amide bonds. The van der Waals surface area contributed by atoms with Gasteiger partial charge in [-0.2, -0.15) is 0 Å². The summed E-state index contributed by atoms with van der Waals surface area (Å²) in [5.41, 5.74) is 1.19. The van der Waals surface area contributed by atoms with Crippen LogP contribution in [0.3, 0.4) is 0 Å². The van der Waals surface area contributed by atoms with Gasteiger partial charge in [-0.1, -0.05) is 18.2 Å². The third kappa shape index (κ3) is 2.74. The molecule has 0 heterocycles. The molecule has 1 aromatic carbocycles. The van der Waals surface area contributed by atoms with Crippen molar-refractivity contribution < 1.29 is 9.84 Å². The summed E-state index contributed by atoms with van der Waals surface area (Å²) in [5.74, 6) is 0.956. The number of hydrogen-bond acceptors (Lipinski definition) is 3. The van der Waals surface area contributed by atoms with Gasteiger partial charge in [0.05, 0.1) is 12.7 Å². The van der Waals surface area contributed by atoms with E-state index < -0.39 is 0 Å². The van der Waals surface area contributed by atoms with Gasteiger partial charge in [0.2, 0.25) is 0 Å². The molecular formula is C13H19NO2. The number of ether oxygens (including phenoxy) is 1. The van der Waals surface area contributed by atoms with Gasteiger partial charge in [-0.15, -0.1) is 0 Å². The molecule has 1 fully saturated rings. The monoisotopic (exact) mass is 221 g/mol. The van der Waals surface area contributed by atoms with Crippen molar-refractivity contribution in [3.8, 4) is 5.75 Å². The number of aliphatic hydroxyl groups excluding tert-OH is 1. The Labute approximate surface area is 96.4 Å². The normalized spacial score (nSPS) is 23.9. The highest BCUT2D eigenvalue weighted by Gasteiger charge is 2.26. The molecule has 3 heteroatoms. The lowest BCUT2D eigenvalue weighted by molar-refractivity contribution is 0.0618. The lowest BCUT2D eigenvalue weighted by Gasteiger charge is -2.32. The molecule has 0 aliphatic heterocycles. The Morgan fingerprint density at radius 2 is 2.12 bits per heavy atom. The minimum atomic E-state index is -0.0976. The predicted molar refractivity (Wildman–Crippen MR) is 63.5 cm³/mol. The van der Waals surface area contributed by atoms with Crippen LogP contribution in [-0.2, 0) is 6.54 Å². The van der Waals surface area contributed by atoms with E-state index in [1.54, 1.807) is 0 Å². The molecule has 2 N–H and O–H groups in total. The van der Waals surface area contributed by atoms with Gasteiger partial charge in [0.25, 0.3) is 0 Å². The van der Waals surface area contributed by atoms with Crippen LogP contribution in [0.15, 0.2) is 24.3 Å². The molecule has 0 spiro atoms. The fourth-order valence-electron chi connectivity index (χ4n) is 1.95. The first-order valence-electron chi connectivity index (χ1n) is 5.91. The lowest BCUT2D eigenvalue weighted by atomic mass is 9.89. The molecule has 0 radical (unpaired) electrons. The number of aliphatic hydroxyl groups is 1. The maximum absolute atomic E-state index is 9.19. The van der Waals surface area contributed by atoms with Crippen molar-refractivity contribution in [1.82, 2.24) is 5.32 Å². The van der Waals surface area contributed by atoms with Crippen molar-refractivity contribution >= 4 is 0 Å². The van der Waals surface area contributed by atoms with Gasteiger partial charge in [0.1, 0.15) is 5.75 Å². The van der Waals surface area contributed by atoms with E-state index in [-0.39, 0.29) is 6.10 Å². The van der Waals surface area contributed by atoms with Crippen LogP contribution in [0.5, 0.6) is 5.75 Å². The summed E-state index contributed by atoms with van der Waals surface area (Å²) in [6.07, 6.45) is 1.65. The van der Waals surface area contributed by atoms with E-state index >= 15 is 0 Å². The van der Waals surface area contributed by atoms with Crippen LogP contribution >= 0.6 is 0 Å². The van der Waals surface area contributed by atoms with E-state index in [2.05, 4.69) is 11.4 Å². The van der Waals surface area contributed by atoms with Crippen LogP contribution in [0.2, 0.25) is 0 Å². The zero-order valence-electron chi connectivity index (χ0n) is 9.65. The number of rotatable bonds is 5. The second kappa shape index (κ2) is 5.32. The highest BCUT2D eigenvalue weighted by molar-refractivity contribution is 5.33. The van der Waals surface area contributed by atoms with Crippen molar-refractivity contribution in [3.05, 3.63) is 29.8 Å². The Hall–Kier alpha value is -1.06. The minimum Gasteiger partial charge on any atom is -0.494 e. The fraction of sp³-hybridized carbons (Fsp3) is 0.538. The first-order valence-corrected chi connectivity index (χ1v) is 5.91. The molecule has 0 saturated heterocycles. The Balaban J connectivity index is 1.87. The van der Waals surface area contributed by atoms with E-state index in [1.165, 1.54) is 5.56 Å². The number of para-hydroxylation sites is 1. The molecule has 0 aromatic heterocycles. The maximum Gasteiger partial charge on any atom is 0.123 e. The summed E-state index contributed by atoms with van der Waals surface area (Å²) >= 11 is 0. The molecule has 0 atom stereocenters. The maximum atomic E-state index is 9.19. The highest BCUT2D eigenvalue weighted by atomic mass is 16.5. The first kappa shape index (κ1) is 11.4. The highest BCUT2D eigenvalue weighted by Crippen LogP contribution is 2.22. The van der Waals surface area contributed by atoms with Gasteiger partial charge in [-0.05, 0) is 25.8 Å². The summed E-state index contributed by atoms with van der Waals surface area (Å²) in [4.78, 5) is 0. The van der Waals surface area contributed by atoms with Crippen molar-refractivity contribution in [2.45, 2.75) is 38.5 Å². The summed E-state index contributed by atoms with van der Waals surface area (Å²) in [6.45, 7) is 3.50. The van der Waals surface area contributed by atoms with Gasteiger partial charge >= 0.3 is 0 Å². The summed E-state index contributed by atoms with van der Waals surface area (Å²) < 4.78 is 5.55. The SMILES string of the molecule is CCOc1ccccc1CNC1CC(O)C1. The standard InChI is InChI=1S/C13H19NO2/c1-2-16-13-6-4-3-5-10(13)9-14-11-7-12(15)8-11/h3-6,11-12,14-15H,2,7-9H2,1H3. The number of benzene rings is 1. The molecule has 1 aliphatic carbocycles. The third-order valence-corrected chi connectivity index (χ3v) is 2.97. The Morgan fingerprint density at radius 1 is 1.38 bits per heavy atom. The van der Waals surface area contributed by atoms with Gasteiger partial charge in [-0.25, -0.2) is 0 Å². The molecule has 88 valence electrons. The lowest BCUT2D eigenvalue weighted by Crippen LogP contribution is -2.43. The van der Waals surface area contributed by atoms with E-state index in [1.807, 2.05) is 25.1 Å². The zero-order valence-corrected chi connectivity index (χ0v) is 9.65. The fourth-order valence-corrected chi connectivity index (χ4v) is 1.95. The Kier molecular flexibility index (Phi) is 3.80. The number of nitrogens with one attached hydrogen (secondary N) is 1. The molecule has 1 aliphatic rings. The molecule has 1 aromatic rings. The van der Waals surface area contributed by atoms with Crippen LogP contribution in [-0.4, -0.2) is 23.9 Å². The van der Waals surface area contributed by atoms with Crippen LogP contribution in [0.25, 0.3) is 0 Å². The van der Waals surface area contributed by atoms with Gasteiger partial charge in [0, 0.05) is 18.2 Å². The molecule has 0 unspecified atom stereocenters. The van der Waals surface area contributed by atoms with Crippen LogP contribution in [0, 0.1) is 0 Å². The molecule has 1 saturated carbocycles. The van der Waals surface area contributed by atoms with Crippen molar-refractivity contribution in [3.63, 3.8) is 0 Å². The van der Waals surface area contributed by atoms with Crippen LogP contribution in [0.1, 0.15) is 25.3 Å². The largest absolute Gasteiger partial charge is 0.494 e. The van der Waals surface area contributed by atoms with Crippen molar-refractivity contribution in [2.24, 2.45) is 0 Å². The number of hydrogen-bond donors (Lipinski definition) is 2. The average molecular weight is 221 g/mol. The smallest absolute Gasteiger partial charge is 0.123 e. The topological polar surface area (TPSA) is 41.5 Å². The van der Waals surface area contributed by atoms with Gasteiger partial charge in [-0.3, -0.25) is 0 Å². The van der Waals surface area contributed by atoms with E-state index in [4.69, 9.17) is 4.74 Å². The van der Waals surface area contributed by atoms with Crippen molar-refractivity contribution in [2.75, 3.05) is 6.61 Å². The van der Waals surface area contributed by atoms with E-state index in [0.717, 1.165) is 25.1 Å². The predicted octanol–water partition coefficient (Wildman–Crippen LogP) is 1.70. The summed E-state index contributed by atoms with van der Waals surface area (Å²) in [6, 6.07) is 8.55. The minimum absolute atomic E-state index is 0.0976. The third-order valence-electron chi connectivity index (χ3n) is 2.97. The van der Waals surface area contributed by atoms with Crippen LogP contribution < -0.4 is 10.1 Å². The Bertz CT molecular complexity index is 334. The first-order chi connectivity index (χ1) is 7.79. The molecule has 2 rings (SSSR count).